The van der Waals surface area contributed by atoms with E-state index >= 15 is 0 Å². The van der Waals surface area contributed by atoms with Gasteiger partial charge in [-0.2, -0.15) is 0 Å². The molecule has 0 saturated heterocycles. The minimum atomic E-state index is 0.710. The van der Waals surface area contributed by atoms with E-state index in [1.807, 2.05) is 31.2 Å². The largest absolute Gasteiger partial charge is 0.304 e. The van der Waals surface area contributed by atoms with Crippen LogP contribution >= 0.6 is 0 Å². The molecule has 0 aromatic heterocycles. The van der Waals surface area contributed by atoms with Crippen LogP contribution in [0.5, 0.6) is 0 Å². The van der Waals surface area contributed by atoms with E-state index in [9.17, 15) is 0 Å². The molecule has 3 heteroatoms. The molecule has 0 spiro atoms. The first-order valence-corrected chi connectivity index (χ1v) is 4.37. The highest BCUT2D eigenvalue weighted by atomic mass is 15.4. The van der Waals surface area contributed by atoms with Gasteiger partial charge < -0.3 is 5.01 Å². The number of benzene rings is 1. The monoisotopic (exact) mass is 189 g/mol. The first-order valence-electron chi connectivity index (χ1n) is 4.37. The zero-order chi connectivity index (χ0) is 10.6. The van der Waals surface area contributed by atoms with E-state index in [1.54, 1.807) is 7.05 Å². The standard InChI is InChI=1S/C11H15N3/c1-9-4-6-11(7-5-9)10(2)13-8-14(3)12/h4-8H,2,12H2,1,3H3/b13-8-. The molecule has 0 aliphatic rings. The Labute approximate surface area is 84.5 Å². The number of rotatable bonds is 3. The van der Waals surface area contributed by atoms with Gasteiger partial charge in [0.2, 0.25) is 0 Å². The minimum Gasteiger partial charge on any atom is -0.304 e. The van der Waals surface area contributed by atoms with E-state index in [0.717, 1.165) is 5.56 Å². The number of hydrogen-bond acceptors (Lipinski definition) is 2. The van der Waals surface area contributed by atoms with Gasteiger partial charge in [0.25, 0.3) is 0 Å². The van der Waals surface area contributed by atoms with Gasteiger partial charge in [0, 0.05) is 7.05 Å². The van der Waals surface area contributed by atoms with Crippen molar-refractivity contribution in [3.63, 3.8) is 0 Å². The quantitative estimate of drug-likeness (QED) is 0.341. The third kappa shape index (κ3) is 3.03. The molecule has 0 unspecified atom stereocenters. The van der Waals surface area contributed by atoms with Crippen molar-refractivity contribution in [2.24, 2.45) is 10.8 Å². The van der Waals surface area contributed by atoms with Crippen molar-refractivity contribution < 1.29 is 0 Å². The van der Waals surface area contributed by atoms with Crippen LogP contribution in [0.15, 0.2) is 35.8 Å². The number of hydrogen-bond donors (Lipinski definition) is 1. The van der Waals surface area contributed by atoms with Gasteiger partial charge in [-0.3, -0.25) is 0 Å². The van der Waals surface area contributed by atoms with Gasteiger partial charge in [0.15, 0.2) is 0 Å². The highest BCUT2D eigenvalue weighted by Gasteiger charge is 1.94. The number of nitrogens with two attached hydrogens (primary N) is 1. The summed E-state index contributed by atoms with van der Waals surface area (Å²) in [7, 11) is 1.71. The van der Waals surface area contributed by atoms with E-state index in [-0.39, 0.29) is 0 Å². The number of nitrogens with zero attached hydrogens (tertiary/aromatic N) is 2. The Morgan fingerprint density at radius 2 is 2.00 bits per heavy atom. The minimum absolute atomic E-state index is 0.710. The van der Waals surface area contributed by atoms with Crippen molar-refractivity contribution in [2.75, 3.05) is 7.05 Å². The maximum absolute atomic E-state index is 5.39. The van der Waals surface area contributed by atoms with Gasteiger partial charge in [-0.1, -0.05) is 36.4 Å². The molecular weight excluding hydrogens is 174 g/mol. The average Bonchev–Trinajstić information content (AvgIpc) is 2.15. The molecule has 0 saturated carbocycles. The normalized spacial score (nSPS) is 10.5. The molecule has 1 aromatic carbocycles. The summed E-state index contributed by atoms with van der Waals surface area (Å²) < 4.78 is 0. The number of aryl methyl sites for hydroxylation is 1. The van der Waals surface area contributed by atoms with Crippen LogP contribution in [0.3, 0.4) is 0 Å². The Balaban J connectivity index is 2.75. The van der Waals surface area contributed by atoms with Gasteiger partial charge in [-0.15, -0.1) is 0 Å². The zero-order valence-electron chi connectivity index (χ0n) is 8.57. The first kappa shape index (κ1) is 10.5. The van der Waals surface area contributed by atoms with Crippen LogP contribution in [0.2, 0.25) is 0 Å². The maximum atomic E-state index is 5.39. The molecule has 74 valence electrons. The van der Waals surface area contributed by atoms with Crippen LogP contribution in [0.1, 0.15) is 11.1 Å². The summed E-state index contributed by atoms with van der Waals surface area (Å²) in [6.45, 7) is 5.89. The van der Waals surface area contributed by atoms with E-state index < -0.39 is 0 Å². The van der Waals surface area contributed by atoms with Gasteiger partial charge in [-0.05, 0) is 12.5 Å². The number of aliphatic imine (C=N–C) groups is 1. The Morgan fingerprint density at radius 3 is 2.50 bits per heavy atom. The number of hydrazine groups is 1. The molecule has 0 heterocycles. The average molecular weight is 189 g/mol. The van der Waals surface area contributed by atoms with Crippen molar-refractivity contribution in [1.29, 1.82) is 0 Å². The van der Waals surface area contributed by atoms with Crippen molar-refractivity contribution in [1.82, 2.24) is 5.01 Å². The molecule has 0 aliphatic heterocycles. The summed E-state index contributed by atoms with van der Waals surface area (Å²) in [6.07, 6.45) is 1.53. The third-order valence-electron chi connectivity index (χ3n) is 1.78. The second-order valence-electron chi connectivity index (χ2n) is 3.22. The molecule has 0 amide bonds. The lowest BCUT2D eigenvalue weighted by Crippen LogP contribution is -2.23. The Hall–Kier alpha value is -1.61. The van der Waals surface area contributed by atoms with Crippen LogP contribution in [0, 0.1) is 6.92 Å². The molecule has 14 heavy (non-hydrogen) atoms. The van der Waals surface area contributed by atoms with E-state index in [0.29, 0.717) is 5.70 Å². The Bertz CT molecular complexity index is 336. The molecule has 1 rings (SSSR count). The molecule has 0 atom stereocenters. The molecule has 0 radical (unpaired) electrons. The first-order chi connectivity index (χ1) is 6.59. The third-order valence-corrected chi connectivity index (χ3v) is 1.78. The van der Waals surface area contributed by atoms with E-state index in [1.165, 1.54) is 16.9 Å². The second kappa shape index (κ2) is 4.58. The van der Waals surface area contributed by atoms with Gasteiger partial charge in [-0.25, -0.2) is 10.8 Å². The van der Waals surface area contributed by atoms with Crippen molar-refractivity contribution in [3.8, 4) is 0 Å². The topological polar surface area (TPSA) is 41.6 Å². The predicted octanol–water partition coefficient (Wildman–Crippen LogP) is 1.80. The van der Waals surface area contributed by atoms with Gasteiger partial charge in [0.05, 0.1) is 5.70 Å². The van der Waals surface area contributed by atoms with Crippen molar-refractivity contribution in [3.05, 3.63) is 42.0 Å². The van der Waals surface area contributed by atoms with Crippen molar-refractivity contribution in [2.45, 2.75) is 6.92 Å². The lowest BCUT2D eigenvalue weighted by molar-refractivity contribution is 0.556. The smallest absolute Gasteiger partial charge is 0.105 e. The van der Waals surface area contributed by atoms with Crippen LogP contribution in [0.4, 0.5) is 0 Å². The fourth-order valence-corrected chi connectivity index (χ4v) is 0.981. The fourth-order valence-electron chi connectivity index (χ4n) is 0.981. The second-order valence-corrected chi connectivity index (χ2v) is 3.22. The summed E-state index contributed by atoms with van der Waals surface area (Å²) in [5, 5.41) is 1.39. The summed E-state index contributed by atoms with van der Waals surface area (Å²) in [5.74, 6) is 5.39. The van der Waals surface area contributed by atoms with Gasteiger partial charge in [0.1, 0.15) is 6.34 Å². The molecule has 0 aliphatic carbocycles. The van der Waals surface area contributed by atoms with Crippen molar-refractivity contribution >= 4 is 12.0 Å². The predicted molar refractivity (Wildman–Crippen MR) is 60.7 cm³/mol. The van der Waals surface area contributed by atoms with E-state index in [2.05, 4.69) is 11.6 Å². The lowest BCUT2D eigenvalue weighted by Gasteiger charge is -2.04. The lowest BCUT2D eigenvalue weighted by atomic mass is 10.1. The highest BCUT2D eigenvalue weighted by molar-refractivity contribution is 5.71. The van der Waals surface area contributed by atoms with E-state index in [4.69, 9.17) is 5.84 Å². The Morgan fingerprint density at radius 1 is 1.43 bits per heavy atom. The Kier molecular flexibility index (Phi) is 3.42. The molecule has 2 N–H and O–H groups in total. The van der Waals surface area contributed by atoms with Crippen LogP contribution < -0.4 is 5.84 Å². The van der Waals surface area contributed by atoms with Gasteiger partial charge >= 0.3 is 0 Å². The maximum Gasteiger partial charge on any atom is 0.105 e. The van der Waals surface area contributed by atoms with Crippen LogP contribution in [0.25, 0.3) is 5.70 Å². The summed E-state index contributed by atoms with van der Waals surface area (Å²) in [6, 6.07) is 8.04. The molecule has 1 aromatic rings. The molecule has 3 nitrogen and oxygen atoms in total. The molecule has 0 bridgehead atoms. The highest BCUT2D eigenvalue weighted by Crippen LogP contribution is 2.13. The summed E-state index contributed by atoms with van der Waals surface area (Å²) in [4.78, 5) is 4.11. The zero-order valence-corrected chi connectivity index (χ0v) is 8.57. The van der Waals surface area contributed by atoms with Crippen LogP contribution in [-0.2, 0) is 0 Å². The fraction of sp³-hybridized carbons (Fsp3) is 0.182. The molecule has 0 fully saturated rings. The SMILES string of the molecule is C=C(/N=C\N(C)N)c1ccc(C)cc1. The van der Waals surface area contributed by atoms with Crippen LogP contribution in [-0.4, -0.2) is 18.4 Å². The molecular formula is C11H15N3. The summed E-state index contributed by atoms with van der Waals surface area (Å²) >= 11 is 0. The summed E-state index contributed by atoms with van der Waals surface area (Å²) in [5.41, 5.74) is 2.94.